The fraction of sp³-hybridized carbons (Fsp3) is 0.514. The molecule has 47 heavy (non-hydrogen) atoms. The number of ether oxygens (including phenoxy) is 1. The number of likely N-dealkylation sites (tertiary alicyclic amines) is 1. The van der Waals surface area contributed by atoms with Crippen LogP contribution in [0.4, 0.5) is 10.2 Å². The molecule has 10 heteroatoms. The second-order valence-corrected chi connectivity index (χ2v) is 14.6. The van der Waals surface area contributed by atoms with Crippen molar-refractivity contribution in [3.05, 3.63) is 53.3 Å². The van der Waals surface area contributed by atoms with Crippen LogP contribution >= 0.6 is 11.6 Å². The fourth-order valence-electron chi connectivity index (χ4n) is 8.59. The third-order valence-corrected chi connectivity index (χ3v) is 11.3. The maximum absolute atomic E-state index is 16.9. The van der Waals surface area contributed by atoms with E-state index in [0.29, 0.717) is 47.5 Å². The van der Waals surface area contributed by atoms with Crippen LogP contribution in [0.5, 0.6) is 11.8 Å². The van der Waals surface area contributed by atoms with Gasteiger partial charge in [0.15, 0.2) is 5.82 Å². The summed E-state index contributed by atoms with van der Waals surface area (Å²) in [4.78, 5) is 17.3. The smallest absolute Gasteiger partial charge is 0.319 e. The summed E-state index contributed by atoms with van der Waals surface area (Å²) in [6.45, 7) is 9.94. The third-order valence-electron chi connectivity index (χ3n) is 11.0. The zero-order valence-corrected chi connectivity index (χ0v) is 28.0. The lowest BCUT2D eigenvalue weighted by molar-refractivity contribution is 0.0460. The summed E-state index contributed by atoms with van der Waals surface area (Å²) in [5, 5.41) is 16.7. The van der Waals surface area contributed by atoms with Crippen LogP contribution in [0.3, 0.4) is 0 Å². The lowest BCUT2D eigenvalue weighted by Gasteiger charge is -2.42. The SMILES string of the molecule is CC(C)N1CC2CCC(C1)N2CCCOc1nc(N2CC3CCCC2CN3)c2cc(Cl)c(-c3cc(O)cc4ccccc34)c(F)c2n1. The van der Waals surface area contributed by atoms with Crippen LogP contribution in [-0.4, -0.2) is 94.4 Å². The zero-order chi connectivity index (χ0) is 32.2. The predicted molar refractivity (Wildman–Crippen MR) is 186 cm³/mol. The molecular formula is C37H44ClFN6O2. The number of rotatable bonds is 8. The normalized spacial score (nSPS) is 24.9. The van der Waals surface area contributed by atoms with E-state index >= 15 is 4.39 Å². The first-order chi connectivity index (χ1) is 22.8. The molecule has 0 radical (unpaired) electrons. The Balaban J connectivity index is 1.13. The van der Waals surface area contributed by atoms with E-state index in [1.54, 1.807) is 18.2 Å². The van der Waals surface area contributed by atoms with Crippen LogP contribution < -0.4 is 15.0 Å². The summed E-state index contributed by atoms with van der Waals surface area (Å²) in [6.07, 6.45) is 6.67. The lowest BCUT2D eigenvalue weighted by atomic mass is 9.96. The van der Waals surface area contributed by atoms with E-state index in [0.717, 1.165) is 69.2 Å². The molecular weight excluding hydrogens is 615 g/mol. The van der Waals surface area contributed by atoms with Gasteiger partial charge in [-0.3, -0.25) is 9.80 Å². The van der Waals surface area contributed by atoms with E-state index in [2.05, 4.69) is 33.9 Å². The molecule has 9 rings (SSSR count). The topological polar surface area (TPSA) is 77.0 Å². The van der Waals surface area contributed by atoms with Gasteiger partial charge < -0.3 is 20.1 Å². The molecule has 8 nitrogen and oxygen atoms in total. The van der Waals surface area contributed by atoms with Crippen molar-refractivity contribution in [2.24, 2.45) is 0 Å². The molecule has 3 aromatic carbocycles. The number of nitrogens with one attached hydrogen (secondary N) is 1. The fourth-order valence-corrected chi connectivity index (χ4v) is 8.88. The largest absolute Gasteiger partial charge is 0.508 e. The molecule has 0 aliphatic carbocycles. The number of benzene rings is 3. The number of phenolic OH excluding ortho intramolecular Hbond substituents is 1. The monoisotopic (exact) mass is 658 g/mol. The maximum atomic E-state index is 16.9. The Morgan fingerprint density at radius 3 is 2.62 bits per heavy atom. The minimum atomic E-state index is -0.533. The van der Waals surface area contributed by atoms with Gasteiger partial charge in [-0.25, -0.2) is 4.39 Å². The number of anilines is 1. The summed E-state index contributed by atoms with van der Waals surface area (Å²) in [7, 11) is 0. The summed E-state index contributed by atoms with van der Waals surface area (Å²) < 4.78 is 23.2. The number of fused-ring (bicyclic) bond motifs is 8. The van der Waals surface area contributed by atoms with Gasteiger partial charge in [-0.15, -0.1) is 0 Å². The van der Waals surface area contributed by atoms with Gasteiger partial charge in [0.2, 0.25) is 0 Å². The molecule has 6 heterocycles. The minimum Gasteiger partial charge on any atom is -0.508 e. The molecule has 1 aromatic heterocycles. The van der Waals surface area contributed by atoms with Gasteiger partial charge in [0.25, 0.3) is 0 Å². The molecule has 0 spiro atoms. The van der Waals surface area contributed by atoms with Crippen LogP contribution in [0.2, 0.25) is 5.02 Å². The first-order valence-electron chi connectivity index (χ1n) is 17.4. The quantitative estimate of drug-likeness (QED) is 0.205. The van der Waals surface area contributed by atoms with Gasteiger partial charge in [0, 0.05) is 73.9 Å². The van der Waals surface area contributed by atoms with Crippen molar-refractivity contribution in [1.29, 1.82) is 0 Å². The number of phenols is 1. The van der Waals surface area contributed by atoms with Crippen LogP contribution in [0, 0.1) is 5.82 Å². The number of aromatic nitrogens is 2. The Bertz CT molecular complexity index is 1790. The second kappa shape index (κ2) is 12.7. The van der Waals surface area contributed by atoms with E-state index < -0.39 is 5.82 Å². The maximum Gasteiger partial charge on any atom is 0.319 e. The van der Waals surface area contributed by atoms with E-state index in [1.165, 1.54) is 12.8 Å². The Labute approximate surface area is 280 Å². The van der Waals surface area contributed by atoms with Gasteiger partial charge in [0.1, 0.15) is 17.1 Å². The van der Waals surface area contributed by atoms with Crippen LogP contribution in [0.25, 0.3) is 32.8 Å². The molecule has 5 saturated heterocycles. The molecule has 4 atom stereocenters. The molecule has 5 fully saturated rings. The van der Waals surface area contributed by atoms with Gasteiger partial charge in [-0.2, -0.15) is 9.97 Å². The number of halogens is 2. The molecule has 5 aliphatic rings. The second-order valence-electron chi connectivity index (χ2n) is 14.2. The number of piperazine rings is 2. The van der Waals surface area contributed by atoms with Crippen molar-refractivity contribution in [2.75, 3.05) is 44.2 Å². The molecule has 4 unspecified atom stereocenters. The van der Waals surface area contributed by atoms with Gasteiger partial charge in [-0.05, 0) is 86.9 Å². The standard InChI is InChI=1S/C37H44ClFN6O2/c1-22(2)43-20-26-11-12-27(21-43)44(26)13-6-14-47-37-41-35-31(36(42-37)45-19-24-8-5-9-25(45)18-40-24)17-32(38)33(34(35)39)30-16-28(46)15-23-7-3-4-10-29(23)30/h3-4,7,10,15-17,22,24-27,40,46H,5-6,8-9,11-14,18-21H2,1-2H3. The number of nitrogens with zero attached hydrogens (tertiary/aromatic N) is 5. The lowest BCUT2D eigenvalue weighted by Crippen LogP contribution is -2.55. The molecule has 0 saturated carbocycles. The highest BCUT2D eigenvalue weighted by Crippen LogP contribution is 2.43. The molecule has 4 aromatic rings. The third kappa shape index (κ3) is 5.79. The van der Waals surface area contributed by atoms with Gasteiger partial charge in [-0.1, -0.05) is 35.9 Å². The molecule has 5 aliphatic heterocycles. The highest BCUT2D eigenvalue weighted by Gasteiger charge is 2.40. The van der Waals surface area contributed by atoms with Crippen LogP contribution in [0.1, 0.15) is 52.4 Å². The molecule has 0 amide bonds. The Kier molecular flexibility index (Phi) is 8.36. The summed E-state index contributed by atoms with van der Waals surface area (Å²) in [6, 6.07) is 15.3. The first-order valence-corrected chi connectivity index (χ1v) is 17.8. The van der Waals surface area contributed by atoms with Crippen molar-refractivity contribution in [3.63, 3.8) is 0 Å². The average molecular weight is 659 g/mol. The van der Waals surface area contributed by atoms with Crippen molar-refractivity contribution in [3.8, 4) is 22.9 Å². The number of hydrogen-bond donors (Lipinski definition) is 2. The van der Waals surface area contributed by atoms with E-state index in [4.69, 9.17) is 26.3 Å². The van der Waals surface area contributed by atoms with Crippen LogP contribution in [-0.2, 0) is 0 Å². The summed E-state index contributed by atoms with van der Waals surface area (Å²) in [5.74, 6) is 0.197. The molecule has 2 N–H and O–H groups in total. The van der Waals surface area contributed by atoms with Crippen molar-refractivity contribution in [1.82, 2.24) is 25.1 Å². The Morgan fingerprint density at radius 1 is 1.00 bits per heavy atom. The zero-order valence-electron chi connectivity index (χ0n) is 27.3. The molecule has 4 bridgehead atoms. The minimum absolute atomic E-state index is 0.0498. The van der Waals surface area contributed by atoms with Gasteiger partial charge >= 0.3 is 6.01 Å². The first kappa shape index (κ1) is 31.1. The van der Waals surface area contributed by atoms with Crippen molar-refractivity contribution >= 4 is 39.1 Å². The molecule has 248 valence electrons. The summed E-state index contributed by atoms with van der Waals surface area (Å²) >= 11 is 6.94. The van der Waals surface area contributed by atoms with E-state index in [9.17, 15) is 5.11 Å². The summed E-state index contributed by atoms with van der Waals surface area (Å²) in [5.41, 5.74) is 0.933. The van der Waals surface area contributed by atoms with Crippen molar-refractivity contribution < 1.29 is 14.2 Å². The van der Waals surface area contributed by atoms with E-state index in [1.807, 2.05) is 24.3 Å². The Hall–Kier alpha value is -3.24. The van der Waals surface area contributed by atoms with E-state index in [-0.39, 0.29) is 33.9 Å². The van der Waals surface area contributed by atoms with Crippen molar-refractivity contribution in [2.45, 2.75) is 82.6 Å². The number of aromatic hydroxyl groups is 1. The highest BCUT2D eigenvalue weighted by atomic mass is 35.5. The van der Waals surface area contributed by atoms with Crippen LogP contribution in [0.15, 0.2) is 42.5 Å². The number of hydrogen-bond acceptors (Lipinski definition) is 8. The Morgan fingerprint density at radius 2 is 1.81 bits per heavy atom. The predicted octanol–water partition coefficient (Wildman–Crippen LogP) is 6.60. The highest BCUT2D eigenvalue weighted by molar-refractivity contribution is 6.35. The van der Waals surface area contributed by atoms with Gasteiger partial charge in [0.05, 0.1) is 11.6 Å². The average Bonchev–Trinajstić information content (AvgIpc) is 3.29.